The van der Waals surface area contributed by atoms with E-state index in [0.717, 1.165) is 5.75 Å². The van der Waals surface area contributed by atoms with Gasteiger partial charge in [-0.15, -0.1) is 0 Å². The van der Waals surface area contributed by atoms with Crippen molar-refractivity contribution in [3.05, 3.63) is 29.3 Å². The number of benzene rings is 1. The van der Waals surface area contributed by atoms with Gasteiger partial charge in [0.25, 0.3) is 0 Å². The van der Waals surface area contributed by atoms with E-state index in [1.54, 1.807) is 0 Å². The van der Waals surface area contributed by atoms with Crippen LogP contribution in [0.5, 0.6) is 5.75 Å². The van der Waals surface area contributed by atoms with Gasteiger partial charge < -0.3 is 0 Å². The topological polar surface area (TPSA) is 9.23 Å². The number of hydrogen-bond donors (Lipinski definition) is 0. The Morgan fingerprint density at radius 3 is 2.00 bits per heavy atom. The first kappa shape index (κ1) is 7.71. The third-order valence-corrected chi connectivity index (χ3v) is 1.79. The minimum atomic E-state index is 0.975. The molecule has 0 bridgehead atoms. The zero-order valence-corrected chi connectivity index (χ0v) is 7.48. The van der Waals surface area contributed by atoms with Crippen LogP contribution >= 0.6 is 0 Å². The van der Waals surface area contributed by atoms with Gasteiger partial charge in [-0.25, -0.2) is 0 Å². The molecule has 0 atom stereocenters. The molecule has 1 nitrogen and oxygen atoms in total. The van der Waals surface area contributed by atoms with Crippen molar-refractivity contribution in [3.63, 3.8) is 0 Å². The third-order valence-electron chi connectivity index (χ3n) is 1.50. The molecule has 1 aromatic rings. The summed E-state index contributed by atoms with van der Waals surface area (Å²) in [4.78, 5) is 0. The van der Waals surface area contributed by atoms with Gasteiger partial charge in [-0.1, -0.05) is 0 Å². The SMILES string of the molecule is Cc1cccc(C)c1[O][V]. The average Bonchev–Trinajstić information content (AvgIpc) is 1.88. The summed E-state index contributed by atoms with van der Waals surface area (Å²) < 4.78 is 5.11. The molecule has 0 aliphatic rings. The summed E-state index contributed by atoms with van der Waals surface area (Å²) in [6.45, 7) is 4.07. The van der Waals surface area contributed by atoms with E-state index in [9.17, 15) is 0 Å². The van der Waals surface area contributed by atoms with Crippen molar-refractivity contribution < 1.29 is 21.4 Å². The van der Waals surface area contributed by atoms with E-state index in [4.69, 9.17) is 3.66 Å². The van der Waals surface area contributed by atoms with Gasteiger partial charge in [0.15, 0.2) is 0 Å². The standard InChI is InChI=1S/C8H10O.V/c1-6-4-3-5-7(2)8(6)9;/h3-5,9H,1-2H3;/q;+1/p-1. The molecule has 2 heteroatoms. The summed E-state index contributed by atoms with van der Waals surface area (Å²) in [7, 11) is 0. The van der Waals surface area contributed by atoms with E-state index in [0.29, 0.717) is 0 Å². The fourth-order valence-electron chi connectivity index (χ4n) is 0.943. The maximum absolute atomic E-state index is 5.11. The van der Waals surface area contributed by atoms with Gasteiger partial charge in [-0.2, -0.15) is 0 Å². The van der Waals surface area contributed by atoms with Crippen molar-refractivity contribution in [3.8, 4) is 5.75 Å². The molecule has 0 radical (unpaired) electrons. The summed E-state index contributed by atoms with van der Waals surface area (Å²) in [5.74, 6) is 0.975. The second-order valence-electron chi connectivity index (χ2n) is 2.31. The van der Waals surface area contributed by atoms with Crippen LogP contribution in [0.25, 0.3) is 0 Å². The molecule has 10 heavy (non-hydrogen) atoms. The fourth-order valence-corrected chi connectivity index (χ4v) is 1.39. The molecule has 0 unspecified atom stereocenters. The molecule has 0 N–H and O–H groups in total. The molecular formula is C8H9OV. The molecule has 0 aromatic heterocycles. The first-order valence-corrected chi connectivity index (χ1v) is 3.70. The molecule has 52 valence electrons. The Labute approximate surface area is 70.7 Å². The summed E-state index contributed by atoms with van der Waals surface area (Å²) in [5, 5.41) is 0. The summed E-state index contributed by atoms with van der Waals surface area (Å²) in [5.41, 5.74) is 2.36. The molecule has 0 saturated carbocycles. The van der Waals surface area contributed by atoms with Gasteiger partial charge in [-0.3, -0.25) is 0 Å². The summed E-state index contributed by atoms with van der Waals surface area (Å²) in [6, 6.07) is 6.10. The zero-order chi connectivity index (χ0) is 7.56. The Kier molecular flexibility index (Phi) is 2.41. The fraction of sp³-hybridized carbons (Fsp3) is 0.250. The Morgan fingerprint density at radius 2 is 1.70 bits per heavy atom. The van der Waals surface area contributed by atoms with E-state index < -0.39 is 0 Å². The summed E-state index contributed by atoms with van der Waals surface area (Å²) in [6.07, 6.45) is 0. The van der Waals surface area contributed by atoms with Gasteiger partial charge in [0.2, 0.25) is 0 Å². The van der Waals surface area contributed by atoms with E-state index in [2.05, 4.69) is 17.8 Å². The van der Waals surface area contributed by atoms with Crippen LogP contribution in [-0.2, 0) is 17.8 Å². The zero-order valence-electron chi connectivity index (χ0n) is 6.09. The van der Waals surface area contributed by atoms with E-state index >= 15 is 0 Å². The van der Waals surface area contributed by atoms with Crippen molar-refractivity contribution in [2.75, 3.05) is 0 Å². The van der Waals surface area contributed by atoms with Crippen LogP contribution in [0.3, 0.4) is 0 Å². The van der Waals surface area contributed by atoms with Gasteiger partial charge in [0.1, 0.15) is 0 Å². The minimum absolute atomic E-state index is 0.975. The van der Waals surface area contributed by atoms with Crippen molar-refractivity contribution in [2.24, 2.45) is 0 Å². The molecule has 0 amide bonds. The van der Waals surface area contributed by atoms with Gasteiger partial charge in [0, 0.05) is 0 Å². The normalized spacial score (nSPS) is 9.40. The van der Waals surface area contributed by atoms with E-state index in [1.165, 1.54) is 11.1 Å². The average molecular weight is 172 g/mol. The molecule has 0 fully saturated rings. The third kappa shape index (κ3) is 1.36. The molecule has 0 saturated heterocycles. The molecule has 1 rings (SSSR count). The van der Waals surface area contributed by atoms with Crippen LogP contribution in [0.15, 0.2) is 18.2 Å². The van der Waals surface area contributed by atoms with E-state index in [-0.39, 0.29) is 0 Å². The molecule has 0 aliphatic heterocycles. The Hall–Kier alpha value is -0.396. The molecular weight excluding hydrogens is 163 g/mol. The molecule has 1 aromatic carbocycles. The number of hydrogen-bond acceptors (Lipinski definition) is 1. The van der Waals surface area contributed by atoms with Crippen LogP contribution in [0.4, 0.5) is 0 Å². The molecule has 0 aliphatic carbocycles. The second-order valence-corrected chi connectivity index (χ2v) is 2.60. The van der Waals surface area contributed by atoms with Crippen LogP contribution in [0.1, 0.15) is 11.1 Å². The van der Waals surface area contributed by atoms with Crippen LogP contribution < -0.4 is 3.66 Å². The molecule has 0 heterocycles. The summed E-state index contributed by atoms with van der Waals surface area (Å²) >= 11 is 2.12. The maximum atomic E-state index is 5.11. The number of aryl methyl sites for hydroxylation is 2. The Bertz CT molecular complexity index is 212. The predicted octanol–water partition coefficient (Wildman–Crippen LogP) is 2.14. The first-order chi connectivity index (χ1) is 4.75. The van der Waals surface area contributed by atoms with Crippen molar-refractivity contribution >= 4 is 0 Å². The van der Waals surface area contributed by atoms with Crippen LogP contribution in [-0.4, -0.2) is 0 Å². The van der Waals surface area contributed by atoms with Gasteiger partial charge in [-0.05, 0) is 0 Å². The second kappa shape index (κ2) is 3.13. The van der Waals surface area contributed by atoms with Gasteiger partial charge >= 0.3 is 70.4 Å². The van der Waals surface area contributed by atoms with Crippen molar-refractivity contribution in [2.45, 2.75) is 13.8 Å². The van der Waals surface area contributed by atoms with Crippen molar-refractivity contribution in [1.29, 1.82) is 0 Å². The van der Waals surface area contributed by atoms with Crippen molar-refractivity contribution in [1.82, 2.24) is 0 Å². The predicted molar refractivity (Wildman–Crippen MR) is 36.5 cm³/mol. The van der Waals surface area contributed by atoms with Gasteiger partial charge in [0.05, 0.1) is 0 Å². The number of rotatable bonds is 1. The van der Waals surface area contributed by atoms with Crippen LogP contribution in [0, 0.1) is 13.8 Å². The molecule has 0 spiro atoms. The van der Waals surface area contributed by atoms with Crippen LogP contribution in [0.2, 0.25) is 0 Å². The Balaban J connectivity index is 3.17. The first-order valence-electron chi connectivity index (χ1n) is 3.13. The monoisotopic (exact) mass is 172 g/mol. The van der Waals surface area contributed by atoms with E-state index in [1.807, 2.05) is 32.0 Å². The quantitative estimate of drug-likeness (QED) is 0.630. The Morgan fingerprint density at radius 1 is 1.20 bits per heavy atom. The number of para-hydroxylation sites is 1.